The first-order chi connectivity index (χ1) is 7.09. The van der Waals surface area contributed by atoms with Crippen molar-refractivity contribution in [3.8, 4) is 0 Å². The van der Waals surface area contributed by atoms with Gasteiger partial charge in [0, 0.05) is 18.9 Å². The first-order valence-electron chi connectivity index (χ1n) is 5.40. The van der Waals surface area contributed by atoms with Gasteiger partial charge < -0.3 is 5.21 Å². The molecule has 1 aromatic rings. The molecule has 0 fully saturated rings. The Morgan fingerprint density at radius 3 is 2.40 bits per heavy atom. The van der Waals surface area contributed by atoms with Crippen LogP contribution in [0.5, 0.6) is 0 Å². The van der Waals surface area contributed by atoms with Crippen molar-refractivity contribution in [2.75, 3.05) is 0 Å². The number of rotatable bonds is 4. The van der Waals surface area contributed by atoms with Gasteiger partial charge in [-0.15, -0.1) is 0 Å². The van der Waals surface area contributed by atoms with E-state index in [1.165, 1.54) is 0 Å². The van der Waals surface area contributed by atoms with Gasteiger partial charge in [-0.3, -0.25) is 0 Å². The summed E-state index contributed by atoms with van der Waals surface area (Å²) in [5, 5.41) is 11.7. The van der Waals surface area contributed by atoms with Crippen LogP contribution < -0.4 is 0 Å². The Labute approximate surface area is 91.8 Å². The van der Waals surface area contributed by atoms with E-state index in [0.29, 0.717) is 12.5 Å². The van der Waals surface area contributed by atoms with Gasteiger partial charge in [0.2, 0.25) is 0 Å². The predicted molar refractivity (Wildman–Crippen MR) is 63.9 cm³/mol. The van der Waals surface area contributed by atoms with E-state index in [0.717, 1.165) is 22.4 Å². The smallest absolute Gasteiger partial charge is 0.178 e. The Balaban J connectivity index is 2.65. The summed E-state index contributed by atoms with van der Waals surface area (Å²) in [5.74, 6) is 0.539. The van der Waals surface area contributed by atoms with Crippen LogP contribution in [0.3, 0.4) is 0 Å². The van der Waals surface area contributed by atoms with E-state index in [-0.39, 0.29) is 0 Å². The maximum Gasteiger partial charge on any atom is 0.178 e. The summed E-state index contributed by atoms with van der Waals surface area (Å²) in [5.41, 5.74) is 1.98. The fraction of sp³-hybridized carbons (Fsp3) is 0.462. The van der Waals surface area contributed by atoms with Crippen molar-refractivity contribution in [2.45, 2.75) is 33.7 Å². The zero-order valence-electron chi connectivity index (χ0n) is 9.73. The Bertz CT molecular complexity index is 328. The molecule has 0 heterocycles. The fourth-order valence-corrected chi connectivity index (χ4v) is 1.58. The third kappa shape index (κ3) is 4.15. The monoisotopic (exact) mass is 205 g/mol. The average molecular weight is 205 g/mol. The van der Waals surface area contributed by atoms with Crippen LogP contribution in [0.2, 0.25) is 0 Å². The zero-order valence-corrected chi connectivity index (χ0v) is 9.73. The van der Waals surface area contributed by atoms with Crippen LogP contribution in [0.25, 0.3) is 0 Å². The van der Waals surface area contributed by atoms with E-state index in [1.54, 1.807) is 0 Å². The molecule has 2 nitrogen and oxygen atoms in total. The second-order valence-electron chi connectivity index (χ2n) is 4.36. The number of benzene rings is 1. The molecule has 0 amide bonds. The van der Waals surface area contributed by atoms with E-state index in [4.69, 9.17) is 0 Å². The molecule has 82 valence electrons. The molecule has 0 N–H and O–H groups in total. The molecule has 0 spiro atoms. The van der Waals surface area contributed by atoms with E-state index < -0.39 is 0 Å². The van der Waals surface area contributed by atoms with Gasteiger partial charge in [0.05, 0.1) is 0 Å². The molecule has 0 radical (unpaired) electrons. The first-order valence-corrected chi connectivity index (χ1v) is 5.40. The van der Waals surface area contributed by atoms with E-state index >= 15 is 0 Å². The number of hydroxylamine groups is 1. The Kier molecular flexibility index (Phi) is 4.35. The van der Waals surface area contributed by atoms with Crippen LogP contribution in [0.15, 0.2) is 30.3 Å². The van der Waals surface area contributed by atoms with Crippen molar-refractivity contribution < 1.29 is 4.74 Å². The van der Waals surface area contributed by atoms with Gasteiger partial charge in [-0.1, -0.05) is 44.2 Å². The summed E-state index contributed by atoms with van der Waals surface area (Å²) in [4.78, 5) is 0. The van der Waals surface area contributed by atoms with Crippen molar-refractivity contribution in [3.63, 3.8) is 0 Å². The highest BCUT2D eigenvalue weighted by Gasteiger charge is 2.06. The SMILES string of the molecule is C/C(CC(C)C)=[N+](/[O-])Cc1ccccc1. The Morgan fingerprint density at radius 2 is 1.87 bits per heavy atom. The lowest BCUT2D eigenvalue weighted by Crippen LogP contribution is -2.14. The summed E-state index contributed by atoms with van der Waals surface area (Å²) >= 11 is 0. The van der Waals surface area contributed by atoms with Crippen LogP contribution in [0.4, 0.5) is 0 Å². The minimum atomic E-state index is 0.458. The van der Waals surface area contributed by atoms with E-state index in [2.05, 4.69) is 13.8 Å². The summed E-state index contributed by atoms with van der Waals surface area (Å²) in [6, 6.07) is 9.84. The van der Waals surface area contributed by atoms with Crippen LogP contribution in [0.1, 0.15) is 32.8 Å². The molecule has 1 rings (SSSR count). The highest BCUT2D eigenvalue weighted by molar-refractivity contribution is 5.77. The van der Waals surface area contributed by atoms with E-state index in [1.807, 2.05) is 37.3 Å². The first kappa shape index (κ1) is 11.8. The molecule has 0 aliphatic carbocycles. The molecule has 0 saturated heterocycles. The quantitative estimate of drug-likeness (QED) is 0.321. The molecular weight excluding hydrogens is 186 g/mol. The molecule has 0 saturated carbocycles. The van der Waals surface area contributed by atoms with E-state index in [9.17, 15) is 5.21 Å². The number of hydrogen-bond donors (Lipinski definition) is 0. The Morgan fingerprint density at radius 1 is 1.27 bits per heavy atom. The molecule has 0 aliphatic rings. The second-order valence-corrected chi connectivity index (χ2v) is 4.36. The summed E-state index contributed by atoms with van der Waals surface area (Å²) in [6.45, 7) is 6.62. The topological polar surface area (TPSA) is 26.1 Å². The molecule has 0 atom stereocenters. The highest BCUT2D eigenvalue weighted by Crippen LogP contribution is 2.04. The maximum absolute atomic E-state index is 11.7. The standard InChI is InChI=1S/C13H19NO/c1-11(2)9-12(3)14(15)10-13-7-5-4-6-8-13/h4-8,11H,9-10H2,1-3H3/b14-12-. The lowest BCUT2D eigenvalue weighted by molar-refractivity contribution is -0.476. The normalized spacial score (nSPS) is 12.8. The van der Waals surface area contributed by atoms with Gasteiger partial charge in [0.25, 0.3) is 0 Å². The van der Waals surface area contributed by atoms with Gasteiger partial charge in [0.15, 0.2) is 12.3 Å². The maximum atomic E-state index is 11.7. The number of nitrogens with zero attached hydrogens (tertiary/aromatic N) is 1. The molecule has 0 aromatic heterocycles. The van der Waals surface area contributed by atoms with Crippen molar-refractivity contribution in [3.05, 3.63) is 41.1 Å². The van der Waals surface area contributed by atoms with Gasteiger partial charge in [-0.25, -0.2) is 4.74 Å². The summed E-state index contributed by atoms with van der Waals surface area (Å²) < 4.78 is 1.09. The van der Waals surface area contributed by atoms with Crippen molar-refractivity contribution in [2.24, 2.45) is 5.92 Å². The van der Waals surface area contributed by atoms with Crippen molar-refractivity contribution in [1.29, 1.82) is 0 Å². The molecule has 0 unspecified atom stereocenters. The largest absolute Gasteiger partial charge is 0.624 e. The predicted octanol–water partition coefficient (Wildman–Crippen LogP) is 3.20. The van der Waals surface area contributed by atoms with Crippen LogP contribution in [-0.4, -0.2) is 10.5 Å². The molecule has 15 heavy (non-hydrogen) atoms. The summed E-state index contributed by atoms with van der Waals surface area (Å²) in [6.07, 6.45) is 0.871. The third-order valence-electron chi connectivity index (χ3n) is 2.30. The number of hydrogen-bond acceptors (Lipinski definition) is 1. The van der Waals surface area contributed by atoms with Gasteiger partial charge in [0.1, 0.15) is 0 Å². The molecule has 2 heteroatoms. The second kappa shape index (κ2) is 5.54. The lowest BCUT2D eigenvalue weighted by atomic mass is 10.1. The fourth-order valence-electron chi connectivity index (χ4n) is 1.58. The highest BCUT2D eigenvalue weighted by atomic mass is 16.5. The molecular formula is C13H19NO. The molecule has 1 aromatic carbocycles. The van der Waals surface area contributed by atoms with Crippen LogP contribution in [-0.2, 0) is 6.54 Å². The summed E-state index contributed by atoms with van der Waals surface area (Å²) in [7, 11) is 0. The molecule has 0 aliphatic heterocycles. The van der Waals surface area contributed by atoms with Crippen LogP contribution >= 0.6 is 0 Å². The van der Waals surface area contributed by atoms with Gasteiger partial charge in [-0.2, -0.15) is 0 Å². The average Bonchev–Trinajstić information content (AvgIpc) is 2.18. The Hall–Kier alpha value is -1.31. The third-order valence-corrected chi connectivity index (χ3v) is 2.30. The van der Waals surface area contributed by atoms with Gasteiger partial charge >= 0.3 is 0 Å². The lowest BCUT2D eigenvalue weighted by Gasteiger charge is -2.09. The van der Waals surface area contributed by atoms with Gasteiger partial charge in [-0.05, 0) is 5.92 Å². The minimum Gasteiger partial charge on any atom is -0.624 e. The molecule has 0 bridgehead atoms. The minimum absolute atomic E-state index is 0.458. The van der Waals surface area contributed by atoms with Crippen molar-refractivity contribution in [1.82, 2.24) is 0 Å². The van der Waals surface area contributed by atoms with Crippen LogP contribution in [0, 0.1) is 11.1 Å². The van der Waals surface area contributed by atoms with Crippen molar-refractivity contribution >= 4 is 5.71 Å². The zero-order chi connectivity index (χ0) is 11.3.